The van der Waals surface area contributed by atoms with Crippen molar-refractivity contribution in [2.75, 3.05) is 6.61 Å². The summed E-state index contributed by atoms with van der Waals surface area (Å²) in [5.41, 5.74) is -0.172. The van der Waals surface area contributed by atoms with Crippen molar-refractivity contribution < 1.29 is 9.53 Å². The molecular weight excluding hydrogens is 142 g/mol. The van der Waals surface area contributed by atoms with Gasteiger partial charge >= 0.3 is 5.97 Å². The molecular formula is C8H9NO2. The zero-order chi connectivity index (χ0) is 8.69. The van der Waals surface area contributed by atoms with Crippen LogP contribution in [0.1, 0.15) is 6.92 Å². The summed E-state index contributed by atoms with van der Waals surface area (Å²) < 4.78 is 4.59. The highest BCUT2D eigenvalue weighted by molar-refractivity contribution is 5.91. The van der Waals surface area contributed by atoms with Crippen molar-refractivity contribution in [3.05, 3.63) is 24.3 Å². The molecule has 0 spiro atoms. The predicted octanol–water partition coefficient (Wildman–Crippen LogP) is 1.19. The quantitative estimate of drug-likeness (QED) is 0.263. The molecule has 0 atom stereocenters. The van der Waals surface area contributed by atoms with Crippen LogP contribution in [0.5, 0.6) is 0 Å². The Morgan fingerprint density at radius 2 is 2.45 bits per heavy atom. The Morgan fingerprint density at radius 3 is 2.91 bits per heavy atom. The first-order chi connectivity index (χ1) is 5.22. The highest BCUT2D eigenvalue weighted by Crippen LogP contribution is 1.91. The minimum atomic E-state index is -0.661. The van der Waals surface area contributed by atoms with Gasteiger partial charge in [0.1, 0.15) is 18.2 Å². The summed E-state index contributed by atoms with van der Waals surface area (Å²) >= 11 is 0. The van der Waals surface area contributed by atoms with Gasteiger partial charge in [0.15, 0.2) is 0 Å². The van der Waals surface area contributed by atoms with E-state index in [1.807, 2.05) is 6.92 Å². The van der Waals surface area contributed by atoms with Crippen LogP contribution in [-0.4, -0.2) is 12.6 Å². The Labute approximate surface area is 65.6 Å². The number of allylic oxidation sites excluding steroid dienone is 1. The van der Waals surface area contributed by atoms with E-state index in [9.17, 15) is 4.79 Å². The molecule has 0 amide bonds. The zero-order valence-electron chi connectivity index (χ0n) is 6.33. The number of carbonyl (C=O) groups is 1. The van der Waals surface area contributed by atoms with Crippen molar-refractivity contribution in [2.24, 2.45) is 0 Å². The molecule has 0 aromatic carbocycles. The highest BCUT2D eigenvalue weighted by atomic mass is 16.5. The average Bonchev–Trinajstić information content (AvgIpc) is 2.03. The highest BCUT2D eigenvalue weighted by Gasteiger charge is 2.04. The van der Waals surface area contributed by atoms with Gasteiger partial charge in [-0.25, -0.2) is 4.79 Å². The summed E-state index contributed by atoms with van der Waals surface area (Å²) in [6, 6.07) is 1.60. The molecule has 0 saturated heterocycles. The van der Waals surface area contributed by atoms with Gasteiger partial charge in [0.05, 0.1) is 0 Å². The van der Waals surface area contributed by atoms with Gasteiger partial charge < -0.3 is 4.74 Å². The third-order valence-corrected chi connectivity index (χ3v) is 0.928. The monoisotopic (exact) mass is 151 g/mol. The van der Waals surface area contributed by atoms with Crippen LogP contribution in [-0.2, 0) is 9.53 Å². The predicted molar refractivity (Wildman–Crippen MR) is 40.5 cm³/mol. The fourth-order valence-electron chi connectivity index (χ4n) is 0.353. The molecule has 0 saturated carbocycles. The Morgan fingerprint density at radius 1 is 1.82 bits per heavy atom. The van der Waals surface area contributed by atoms with E-state index in [0.29, 0.717) is 0 Å². The van der Waals surface area contributed by atoms with Crippen molar-refractivity contribution in [3.63, 3.8) is 0 Å². The minimum Gasteiger partial charge on any atom is -0.457 e. The van der Waals surface area contributed by atoms with Crippen LogP contribution in [0.4, 0.5) is 0 Å². The molecule has 0 aliphatic heterocycles. The SMILES string of the molecule is C=C(C#N)C(=O)OCC=CC. The molecule has 0 aliphatic rings. The van der Waals surface area contributed by atoms with Gasteiger partial charge in [0.2, 0.25) is 0 Å². The average molecular weight is 151 g/mol. The van der Waals surface area contributed by atoms with Gasteiger partial charge in [-0.15, -0.1) is 0 Å². The van der Waals surface area contributed by atoms with Crippen molar-refractivity contribution in [1.29, 1.82) is 5.26 Å². The third-order valence-electron chi connectivity index (χ3n) is 0.928. The topological polar surface area (TPSA) is 50.1 Å². The van der Waals surface area contributed by atoms with Gasteiger partial charge in [0.25, 0.3) is 0 Å². The van der Waals surface area contributed by atoms with E-state index in [2.05, 4.69) is 11.3 Å². The molecule has 0 N–H and O–H groups in total. The summed E-state index contributed by atoms with van der Waals surface area (Å²) in [6.07, 6.45) is 3.42. The van der Waals surface area contributed by atoms with Gasteiger partial charge in [-0.1, -0.05) is 18.7 Å². The van der Waals surface area contributed by atoms with Crippen LogP contribution in [0, 0.1) is 11.3 Å². The third kappa shape index (κ3) is 3.93. The molecule has 0 aromatic rings. The number of ether oxygens (including phenoxy) is 1. The molecule has 3 heteroatoms. The summed E-state index contributed by atoms with van der Waals surface area (Å²) in [6.45, 7) is 5.20. The number of hydrogen-bond acceptors (Lipinski definition) is 3. The van der Waals surface area contributed by atoms with E-state index in [1.165, 1.54) is 0 Å². The molecule has 0 aliphatic carbocycles. The number of nitriles is 1. The standard InChI is InChI=1S/C8H9NO2/c1-3-4-5-11-8(10)7(2)6-9/h3-4H,2,5H2,1H3. The molecule has 0 radical (unpaired) electrons. The fourth-order valence-corrected chi connectivity index (χ4v) is 0.353. The Kier molecular flexibility index (Phi) is 4.50. The van der Waals surface area contributed by atoms with Crippen LogP contribution in [0.2, 0.25) is 0 Å². The second-order valence-corrected chi connectivity index (χ2v) is 1.76. The van der Waals surface area contributed by atoms with Crippen molar-refractivity contribution in [3.8, 4) is 6.07 Å². The molecule has 11 heavy (non-hydrogen) atoms. The number of rotatable bonds is 3. The number of nitrogens with zero attached hydrogens (tertiary/aromatic N) is 1. The molecule has 0 rings (SSSR count). The first kappa shape index (κ1) is 9.44. The molecule has 58 valence electrons. The van der Waals surface area contributed by atoms with Gasteiger partial charge in [0, 0.05) is 0 Å². The van der Waals surface area contributed by atoms with Crippen molar-refractivity contribution >= 4 is 5.97 Å². The Balaban J connectivity index is 3.72. The van der Waals surface area contributed by atoms with E-state index in [0.717, 1.165) is 0 Å². The lowest BCUT2D eigenvalue weighted by atomic mass is 10.3. The van der Waals surface area contributed by atoms with Crippen molar-refractivity contribution in [1.82, 2.24) is 0 Å². The summed E-state index contributed by atoms with van der Waals surface area (Å²) in [5.74, 6) is -0.661. The first-order valence-electron chi connectivity index (χ1n) is 3.09. The van der Waals surface area contributed by atoms with E-state index in [-0.39, 0.29) is 12.2 Å². The van der Waals surface area contributed by atoms with Crippen LogP contribution < -0.4 is 0 Å². The normalized spacial score (nSPS) is 9.09. The van der Waals surface area contributed by atoms with Crippen LogP contribution in [0.15, 0.2) is 24.3 Å². The fraction of sp³-hybridized carbons (Fsp3) is 0.250. The minimum absolute atomic E-state index is 0.172. The molecule has 3 nitrogen and oxygen atoms in total. The summed E-state index contributed by atoms with van der Waals surface area (Å²) in [4.78, 5) is 10.7. The maximum absolute atomic E-state index is 10.7. The second-order valence-electron chi connectivity index (χ2n) is 1.76. The van der Waals surface area contributed by atoms with E-state index in [1.54, 1.807) is 18.2 Å². The van der Waals surface area contributed by atoms with Crippen LogP contribution >= 0.6 is 0 Å². The van der Waals surface area contributed by atoms with Crippen LogP contribution in [0.25, 0.3) is 0 Å². The molecule has 0 bridgehead atoms. The van der Waals surface area contributed by atoms with Crippen molar-refractivity contribution in [2.45, 2.75) is 6.92 Å². The molecule has 0 heterocycles. The maximum Gasteiger partial charge on any atom is 0.348 e. The zero-order valence-corrected chi connectivity index (χ0v) is 6.33. The van der Waals surface area contributed by atoms with Gasteiger partial charge in [-0.2, -0.15) is 5.26 Å². The van der Waals surface area contributed by atoms with E-state index >= 15 is 0 Å². The van der Waals surface area contributed by atoms with Crippen LogP contribution in [0.3, 0.4) is 0 Å². The summed E-state index contributed by atoms with van der Waals surface area (Å²) in [7, 11) is 0. The molecule has 0 unspecified atom stereocenters. The van der Waals surface area contributed by atoms with Gasteiger partial charge in [-0.05, 0) is 6.92 Å². The lowest BCUT2D eigenvalue weighted by Gasteiger charge is -1.96. The largest absolute Gasteiger partial charge is 0.457 e. The number of hydrogen-bond donors (Lipinski definition) is 0. The molecule has 0 aromatic heterocycles. The number of esters is 1. The summed E-state index contributed by atoms with van der Waals surface area (Å²) in [5, 5.41) is 8.19. The smallest absolute Gasteiger partial charge is 0.348 e. The van der Waals surface area contributed by atoms with E-state index in [4.69, 9.17) is 5.26 Å². The number of carbonyl (C=O) groups excluding carboxylic acids is 1. The lowest BCUT2D eigenvalue weighted by molar-refractivity contribution is -0.137. The lowest BCUT2D eigenvalue weighted by Crippen LogP contribution is -2.05. The maximum atomic E-state index is 10.7. The first-order valence-corrected chi connectivity index (χ1v) is 3.09. The Bertz CT molecular complexity index is 223. The van der Waals surface area contributed by atoms with Gasteiger partial charge in [-0.3, -0.25) is 0 Å². The second kappa shape index (κ2) is 5.24. The molecule has 0 fully saturated rings. The van der Waals surface area contributed by atoms with E-state index < -0.39 is 5.97 Å². The Hall–Kier alpha value is -1.56.